The van der Waals surface area contributed by atoms with E-state index in [0.29, 0.717) is 18.8 Å². The first kappa shape index (κ1) is 24.1. The van der Waals surface area contributed by atoms with E-state index in [4.69, 9.17) is 4.74 Å². The molecule has 35 heavy (non-hydrogen) atoms. The summed E-state index contributed by atoms with van der Waals surface area (Å²) in [4.78, 5) is 28.9. The van der Waals surface area contributed by atoms with Crippen molar-refractivity contribution in [3.8, 4) is 5.75 Å². The fourth-order valence-electron chi connectivity index (χ4n) is 4.14. The molecule has 0 radical (unpaired) electrons. The van der Waals surface area contributed by atoms with Gasteiger partial charge in [0.25, 0.3) is 5.91 Å². The van der Waals surface area contributed by atoms with Crippen LogP contribution >= 0.6 is 0 Å². The number of hydrogen-bond acceptors (Lipinski definition) is 4. The Balaban J connectivity index is 1.23. The van der Waals surface area contributed by atoms with Crippen LogP contribution in [-0.2, 0) is 9.59 Å². The molecule has 3 aromatic carbocycles. The van der Waals surface area contributed by atoms with E-state index in [-0.39, 0.29) is 18.4 Å². The molecule has 0 aliphatic carbocycles. The summed E-state index contributed by atoms with van der Waals surface area (Å²) >= 11 is 0. The number of carbonyl (C=O) groups is 2. The van der Waals surface area contributed by atoms with E-state index in [1.807, 2.05) is 91.6 Å². The molecular weight excluding hydrogens is 438 g/mol. The maximum absolute atomic E-state index is 12.5. The van der Waals surface area contributed by atoms with Gasteiger partial charge in [-0.3, -0.25) is 9.59 Å². The lowest BCUT2D eigenvalue weighted by atomic mass is 10.1. The van der Waals surface area contributed by atoms with Crippen LogP contribution in [0.25, 0.3) is 6.08 Å². The van der Waals surface area contributed by atoms with Gasteiger partial charge in [0.15, 0.2) is 6.61 Å². The highest BCUT2D eigenvalue weighted by molar-refractivity contribution is 5.92. The quantitative estimate of drug-likeness (QED) is 0.511. The molecule has 1 aliphatic rings. The van der Waals surface area contributed by atoms with E-state index in [0.717, 1.165) is 41.2 Å². The van der Waals surface area contributed by atoms with Gasteiger partial charge in [-0.05, 0) is 73.0 Å². The summed E-state index contributed by atoms with van der Waals surface area (Å²) in [7, 11) is 0. The number of rotatable bonds is 7. The van der Waals surface area contributed by atoms with E-state index in [1.54, 1.807) is 6.08 Å². The van der Waals surface area contributed by atoms with E-state index in [2.05, 4.69) is 16.3 Å². The second-order valence-corrected chi connectivity index (χ2v) is 8.76. The minimum absolute atomic E-state index is 0.0367. The third-order valence-electron chi connectivity index (χ3n) is 5.89. The predicted molar refractivity (Wildman–Crippen MR) is 141 cm³/mol. The number of hydrogen-bond donors (Lipinski definition) is 1. The van der Waals surface area contributed by atoms with Crippen LogP contribution in [0.5, 0.6) is 5.75 Å². The van der Waals surface area contributed by atoms with Crippen molar-refractivity contribution < 1.29 is 14.3 Å². The predicted octanol–water partition coefficient (Wildman–Crippen LogP) is 4.68. The first-order valence-corrected chi connectivity index (χ1v) is 11.8. The Bertz CT molecular complexity index is 1160. The Kier molecular flexibility index (Phi) is 7.83. The number of aryl methyl sites for hydroxylation is 2. The molecule has 3 aromatic rings. The van der Waals surface area contributed by atoms with E-state index in [9.17, 15) is 9.59 Å². The van der Waals surface area contributed by atoms with Crippen molar-refractivity contribution in [2.45, 2.75) is 13.8 Å². The van der Waals surface area contributed by atoms with Crippen LogP contribution in [0.4, 0.5) is 11.4 Å². The number of nitrogens with zero attached hydrogens (tertiary/aromatic N) is 2. The van der Waals surface area contributed by atoms with Gasteiger partial charge in [0.2, 0.25) is 5.91 Å². The van der Waals surface area contributed by atoms with Gasteiger partial charge in [0.1, 0.15) is 5.75 Å². The lowest BCUT2D eigenvalue weighted by Crippen LogP contribution is -2.48. The van der Waals surface area contributed by atoms with Crippen molar-refractivity contribution in [2.24, 2.45) is 0 Å². The number of anilines is 2. The third kappa shape index (κ3) is 6.96. The lowest BCUT2D eigenvalue weighted by Gasteiger charge is -2.35. The monoisotopic (exact) mass is 469 g/mol. The number of nitrogens with one attached hydrogen (secondary N) is 1. The van der Waals surface area contributed by atoms with Gasteiger partial charge in [-0.25, -0.2) is 0 Å². The highest BCUT2D eigenvalue weighted by Crippen LogP contribution is 2.20. The minimum atomic E-state index is -0.201. The summed E-state index contributed by atoms with van der Waals surface area (Å²) in [5, 5.41) is 2.88. The Morgan fingerprint density at radius 1 is 0.886 bits per heavy atom. The maximum Gasteiger partial charge on any atom is 0.262 e. The van der Waals surface area contributed by atoms with Crippen molar-refractivity contribution >= 4 is 29.3 Å². The second-order valence-electron chi connectivity index (χ2n) is 8.76. The summed E-state index contributed by atoms with van der Waals surface area (Å²) in [6.45, 7) is 6.84. The van der Waals surface area contributed by atoms with Crippen LogP contribution in [0.3, 0.4) is 0 Å². The number of carbonyl (C=O) groups excluding carboxylic acids is 2. The van der Waals surface area contributed by atoms with Gasteiger partial charge < -0.3 is 19.9 Å². The first-order chi connectivity index (χ1) is 17.0. The largest absolute Gasteiger partial charge is 0.484 e. The maximum atomic E-state index is 12.5. The van der Waals surface area contributed by atoms with Gasteiger partial charge in [0.05, 0.1) is 0 Å². The van der Waals surface area contributed by atoms with Crippen LogP contribution in [0.1, 0.15) is 16.7 Å². The van der Waals surface area contributed by atoms with Crippen LogP contribution in [-0.4, -0.2) is 49.5 Å². The van der Waals surface area contributed by atoms with Gasteiger partial charge in [-0.2, -0.15) is 0 Å². The number of amides is 2. The number of benzene rings is 3. The second kappa shape index (κ2) is 11.4. The Labute approximate surface area is 206 Å². The van der Waals surface area contributed by atoms with E-state index in [1.165, 1.54) is 0 Å². The molecule has 6 nitrogen and oxygen atoms in total. The smallest absolute Gasteiger partial charge is 0.262 e. The standard InChI is InChI=1S/C29H31N3O3/c1-22-18-23(2)20-27(19-22)35-21-28(33)30-25-9-11-26(12-10-25)31-14-16-32(17-15-31)29(34)13-8-24-6-4-3-5-7-24/h3-13,18-20H,14-17,21H2,1-2H3,(H,30,33)/b13-8+. The molecule has 1 N–H and O–H groups in total. The SMILES string of the molecule is Cc1cc(C)cc(OCC(=O)Nc2ccc(N3CCN(C(=O)/C=C/c4ccccc4)CC3)cc2)c1. The molecule has 2 amide bonds. The van der Waals surface area contributed by atoms with Crippen molar-refractivity contribution in [2.75, 3.05) is 43.0 Å². The normalized spacial score (nSPS) is 13.7. The Hall–Kier alpha value is -4.06. The van der Waals surface area contributed by atoms with Crippen LogP contribution in [0, 0.1) is 13.8 Å². The first-order valence-electron chi connectivity index (χ1n) is 11.8. The lowest BCUT2D eigenvalue weighted by molar-refractivity contribution is -0.126. The van der Waals surface area contributed by atoms with Crippen LogP contribution < -0.4 is 15.0 Å². The molecule has 1 saturated heterocycles. The molecule has 0 bridgehead atoms. The Morgan fingerprint density at radius 2 is 1.54 bits per heavy atom. The highest BCUT2D eigenvalue weighted by Gasteiger charge is 2.20. The minimum Gasteiger partial charge on any atom is -0.484 e. The zero-order valence-corrected chi connectivity index (χ0v) is 20.2. The van der Waals surface area contributed by atoms with Crippen molar-refractivity contribution in [3.63, 3.8) is 0 Å². The Morgan fingerprint density at radius 3 is 2.20 bits per heavy atom. The fraction of sp³-hybridized carbons (Fsp3) is 0.241. The van der Waals surface area contributed by atoms with Crippen molar-refractivity contribution in [3.05, 3.63) is 95.6 Å². The van der Waals surface area contributed by atoms with Crippen LogP contribution in [0.15, 0.2) is 78.9 Å². The molecule has 0 saturated carbocycles. The average molecular weight is 470 g/mol. The molecule has 0 atom stereocenters. The van der Waals surface area contributed by atoms with Gasteiger partial charge >= 0.3 is 0 Å². The topological polar surface area (TPSA) is 61.9 Å². The molecule has 4 rings (SSSR count). The summed E-state index contributed by atoms with van der Waals surface area (Å²) in [6, 6.07) is 23.5. The highest BCUT2D eigenvalue weighted by atomic mass is 16.5. The van der Waals surface area contributed by atoms with Gasteiger partial charge in [-0.15, -0.1) is 0 Å². The van der Waals surface area contributed by atoms with Crippen molar-refractivity contribution in [1.29, 1.82) is 0 Å². The molecule has 0 spiro atoms. The zero-order valence-electron chi connectivity index (χ0n) is 20.2. The summed E-state index contributed by atoms with van der Waals surface area (Å²) < 4.78 is 5.64. The fourth-order valence-corrected chi connectivity index (χ4v) is 4.14. The number of ether oxygens (including phenoxy) is 1. The number of piperazine rings is 1. The molecule has 6 heteroatoms. The molecule has 1 fully saturated rings. The molecule has 1 heterocycles. The van der Waals surface area contributed by atoms with Gasteiger partial charge in [0, 0.05) is 43.6 Å². The van der Waals surface area contributed by atoms with Crippen molar-refractivity contribution in [1.82, 2.24) is 4.90 Å². The summed E-state index contributed by atoms with van der Waals surface area (Å²) in [5.41, 5.74) is 5.02. The van der Waals surface area contributed by atoms with Crippen LogP contribution in [0.2, 0.25) is 0 Å². The third-order valence-corrected chi connectivity index (χ3v) is 5.89. The van der Waals surface area contributed by atoms with Gasteiger partial charge in [-0.1, -0.05) is 36.4 Å². The van der Waals surface area contributed by atoms with E-state index >= 15 is 0 Å². The average Bonchev–Trinajstić information content (AvgIpc) is 2.87. The molecule has 1 aliphatic heterocycles. The molecule has 180 valence electrons. The zero-order chi connectivity index (χ0) is 24.6. The molecular formula is C29H31N3O3. The summed E-state index contributed by atoms with van der Waals surface area (Å²) in [6.07, 6.45) is 3.50. The molecule has 0 unspecified atom stereocenters. The summed E-state index contributed by atoms with van der Waals surface area (Å²) in [5.74, 6) is 0.531. The van der Waals surface area contributed by atoms with E-state index < -0.39 is 0 Å². The molecule has 0 aromatic heterocycles.